The summed E-state index contributed by atoms with van der Waals surface area (Å²) in [6.07, 6.45) is 0. The molecule has 0 saturated heterocycles. The van der Waals surface area contributed by atoms with Crippen molar-refractivity contribution in [1.29, 1.82) is 0 Å². The molecule has 0 aliphatic heterocycles. The fourth-order valence-corrected chi connectivity index (χ4v) is 1.67. The Bertz CT molecular complexity index is 416. The Morgan fingerprint density at radius 1 is 1.46 bits per heavy atom. The van der Waals surface area contributed by atoms with E-state index in [-0.39, 0.29) is 5.02 Å². The fourth-order valence-electron chi connectivity index (χ4n) is 0.732. The molecule has 0 fully saturated rings. The molecule has 1 aromatic carbocycles. The molecule has 13 heavy (non-hydrogen) atoms. The molecule has 0 atom stereocenters. The van der Waals surface area contributed by atoms with Crippen molar-refractivity contribution in [2.24, 2.45) is 0 Å². The molecule has 3 nitrogen and oxygen atoms in total. The molecule has 0 amide bonds. The zero-order valence-corrected chi connectivity index (χ0v) is 7.90. The van der Waals surface area contributed by atoms with E-state index >= 15 is 0 Å². The maximum absolute atomic E-state index is 12.9. The summed E-state index contributed by atoms with van der Waals surface area (Å²) in [5, 5.41) is 0.108. The van der Waals surface area contributed by atoms with E-state index in [4.69, 9.17) is 11.6 Å². The summed E-state index contributed by atoms with van der Waals surface area (Å²) in [5.41, 5.74) is 0. The molecule has 6 heteroatoms. The normalized spacial score (nSPS) is 11.6. The third-order valence-electron chi connectivity index (χ3n) is 1.32. The van der Waals surface area contributed by atoms with E-state index in [9.17, 15) is 12.8 Å². The Morgan fingerprint density at radius 2 is 2.08 bits per heavy atom. The lowest BCUT2D eigenvalue weighted by Crippen LogP contribution is -2.04. The quantitative estimate of drug-likeness (QED) is 0.720. The van der Waals surface area contributed by atoms with Crippen LogP contribution >= 0.6 is 11.6 Å². The Kier molecular flexibility index (Phi) is 2.90. The van der Waals surface area contributed by atoms with Crippen molar-refractivity contribution in [2.45, 2.75) is 4.90 Å². The van der Waals surface area contributed by atoms with Crippen molar-refractivity contribution in [2.75, 3.05) is 0 Å². The van der Waals surface area contributed by atoms with E-state index in [1.807, 2.05) is 0 Å². The molecule has 0 aliphatic carbocycles. The van der Waals surface area contributed by atoms with Crippen LogP contribution in [0.25, 0.3) is 0 Å². The largest absolute Gasteiger partial charge is 0.300 e. The van der Waals surface area contributed by atoms with Crippen LogP contribution in [0.3, 0.4) is 0 Å². The lowest BCUT2D eigenvalue weighted by molar-refractivity contribution is 0.431. The maximum atomic E-state index is 12.9. The van der Waals surface area contributed by atoms with Gasteiger partial charge in [0, 0.05) is 5.02 Å². The first kappa shape index (κ1) is 10.4. The van der Waals surface area contributed by atoms with Crippen LogP contribution in [0.5, 0.6) is 0 Å². The Hall–Kier alpha value is -0.650. The van der Waals surface area contributed by atoms with Gasteiger partial charge in [-0.3, -0.25) is 4.18 Å². The predicted octanol–water partition coefficient (Wildman–Crippen LogP) is 1.98. The highest BCUT2D eigenvalue weighted by molar-refractivity contribution is 7.86. The zero-order valence-electron chi connectivity index (χ0n) is 6.33. The minimum atomic E-state index is -4.12. The van der Waals surface area contributed by atoms with Gasteiger partial charge in [0.2, 0.25) is 0 Å². The lowest BCUT2D eigenvalue weighted by Gasteiger charge is -2.02. The fraction of sp³-hybridized carbons (Fsp3) is 0. The van der Waals surface area contributed by atoms with Gasteiger partial charge in [-0.25, -0.2) is 4.39 Å². The molecule has 0 heterocycles. The van der Waals surface area contributed by atoms with E-state index in [1.54, 1.807) is 0 Å². The van der Waals surface area contributed by atoms with Crippen LogP contribution in [0, 0.1) is 12.9 Å². The molecule has 1 radical (unpaired) electrons. The second-order valence-electron chi connectivity index (χ2n) is 2.15. The van der Waals surface area contributed by atoms with Crippen molar-refractivity contribution in [1.82, 2.24) is 0 Å². The van der Waals surface area contributed by atoms with E-state index in [2.05, 4.69) is 11.3 Å². The molecular weight excluding hydrogens is 219 g/mol. The zero-order chi connectivity index (χ0) is 10.1. The summed E-state index contributed by atoms with van der Waals surface area (Å²) in [7, 11) is -1.42. The number of hydrogen-bond acceptors (Lipinski definition) is 3. The average molecular weight is 224 g/mol. The predicted molar refractivity (Wildman–Crippen MR) is 45.0 cm³/mol. The SMILES string of the molecule is [CH2]OS(=O)(=O)c1cc(Cl)ccc1F. The van der Waals surface area contributed by atoms with Gasteiger partial charge in [0.25, 0.3) is 10.1 Å². The summed E-state index contributed by atoms with van der Waals surface area (Å²) in [6.45, 7) is 0. The summed E-state index contributed by atoms with van der Waals surface area (Å²) < 4.78 is 38.8. The van der Waals surface area contributed by atoms with Crippen molar-refractivity contribution < 1.29 is 17.0 Å². The van der Waals surface area contributed by atoms with Gasteiger partial charge in [-0.2, -0.15) is 8.42 Å². The summed E-state index contributed by atoms with van der Waals surface area (Å²) in [6, 6.07) is 3.13. The van der Waals surface area contributed by atoms with Crippen LogP contribution in [-0.2, 0) is 14.3 Å². The molecule has 0 aromatic heterocycles. The van der Waals surface area contributed by atoms with Crippen LogP contribution in [0.4, 0.5) is 4.39 Å². The highest BCUT2D eigenvalue weighted by Gasteiger charge is 2.18. The monoisotopic (exact) mass is 223 g/mol. The van der Waals surface area contributed by atoms with Gasteiger partial charge in [0.15, 0.2) is 0 Å². The lowest BCUT2D eigenvalue weighted by atomic mass is 10.3. The molecule has 0 aliphatic rings. The molecule has 0 unspecified atom stereocenters. The molecule has 0 saturated carbocycles. The van der Waals surface area contributed by atoms with Crippen LogP contribution < -0.4 is 0 Å². The molecule has 0 bridgehead atoms. The van der Waals surface area contributed by atoms with Crippen LogP contribution in [0.15, 0.2) is 23.1 Å². The third kappa shape index (κ3) is 2.18. The number of hydrogen-bond donors (Lipinski definition) is 0. The minimum absolute atomic E-state index is 0.108. The molecule has 71 valence electrons. The standard InChI is InChI=1S/C7H5ClFO3S/c1-12-13(10,11)7-4-5(8)2-3-6(7)9/h2-4H,1H2. The number of halogens is 2. The second-order valence-corrected chi connectivity index (χ2v) is 4.17. The van der Waals surface area contributed by atoms with E-state index in [1.165, 1.54) is 6.07 Å². The van der Waals surface area contributed by atoms with E-state index < -0.39 is 20.8 Å². The van der Waals surface area contributed by atoms with Gasteiger partial charge < -0.3 is 0 Å². The van der Waals surface area contributed by atoms with Crippen molar-refractivity contribution in [3.63, 3.8) is 0 Å². The Labute approximate surface area is 80.2 Å². The summed E-state index contributed by atoms with van der Waals surface area (Å²) in [4.78, 5) is -0.616. The van der Waals surface area contributed by atoms with Crippen LogP contribution in [0.2, 0.25) is 5.02 Å². The summed E-state index contributed by atoms with van der Waals surface area (Å²) in [5.74, 6) is -0.923. The Balaban J connectivity index is 3.38. The molecule has 0 N–H and O–H groups in total. The molecular formula is C7H5ClFO3S. The number of benzene rings is 1. The second kappa shape index (κ2) is 3.61. The third-order valence-corrected chi connectivity index (χ3v) is 2.71. The van der Waals surface area contributed by atoms with Crippen molar-refractivity contribution >= 4 is 21.7 Å². The first-order chi connectivity index (χ1) is 5.97. The first-order valence-corrected chi connectivity index (χ1v) is 4.90. The van der Waals surface area contributed by atoms with Gasteiger partial charge in [-0.15, -0.1) is 0 Å². The van der Waals surface area contributed by atoms with Crippen LogP contribution in [-0.4, -0.2) is 8.42 Å². The minimum Gasteiger partial charge on any atom is -0.264 e. The van der Waals surface area contributed by atoms with Gasteiger partial charge in [0.1, 0.15) is 10.7 Å². The molecule has 1 rings (SSSR count). The van der Waals surface area contributed by atoms with E-state index in [0.29, 0.717) is 0 Å². The highest BCUT2D eigenvalue weighted by Crippen LogP contribution is 2.20. The summed E-state index contributed by atoms with van der Waals surface area (Å²) >= 11 is 5.47. The average Bonchev–Trinajstić information content (AvgIpc) is 2.09. The molecule has 1 aromatic rings. The van der Waals surface area contributed by atoms with Crippen molar-refractivity contribution in [3.8, 4) is 0 Å². The first-order valence-electron chi connectivity index (χ1n) is 3.11. The molecule has 0 spiro atoms. The Morgan fingerprint density at radius 3 is 2.62 bits per heavy atom. The van der Waals surface area contributed by atoms with Gasteiger partial charge in [0.05, 0.1) is 7.11 Å². The smallest absolute Gasteiger partial charge is 0.264 e. The van der Waals surface area contributed by atoms with E-state index in [0.717, 1.165) is 12.1 Å². The van der Waals surface area contributed by atoms with Gasteiger partial charge in [-0.1, -0.05) is 11.6 Å². The number of rotatable bonds is 2. The van der Waals surface area contributed by atoms with Crippen LogP contribution in [0.1, 0.15) is 0 Å². The maximum Gasteiger partial charge on any atom is 0.300 e. The van der Waals surface area contributed by atoms with Crippen molar-refractivity contribution in [3.05, 3.63) is 36.1 Å². The van der Waals surface area contributed by atoms with Gasteiger partial charge in [-0.05, 0) is 18.2 Å². The van der Waals surface area contributed by atoms with Gasteiger partial charge >= 0.3 is 0 Å². The highest BCUT2D eigenvalue weighted by atomic mass is 35.5. The topological polar surface area (TPSA) is 43.4 Å².